The first-order valence-corrected chi connectivity index (χ1v) is 7.76. The van der Waals surface area contributed by atoms with Gasteiger partial charge in [0.05, 0.1) is 25.2 Å². The van der Waals surface area contributed by atoms with Crippen molar-refractivity contribution in [1.82, 2.24) is 0 Å². The summed E-state index contributed by atoms with van der Waals surface area (Å²) in [7, 11) is 4.83. The van der Waals surface area contributed by atoms with Crippen molar-refractivity contribution in [3.05, 3.63) is 0 Å². The van der Waals surface area contributed by atoms with Crippen molar-refractivity contribution in [3.63, 3.8) is 0 Å². The van der Waals surface area contributed by atoms with Gasteiger partial charge >= 0.3 is 0 Å². The van der Waals surface area contributed by atoms with Crippen molar-refractivity contribution in [3.8, 4) is 0 Å². The van der Waals surface area contributed by atoms with Crippen molar-refractivity contribution in [1.29, 1.82) is 0 Å². The zero-order chi connectivity index (χ0) is 15.9. The Bertz CT molecular complexity index is 265. The van der Waals surface area contributed by atoms with E-state index in [0.29, 0.717) is 10.8 Å². The van der Waals surface area contributed by atoms with Crippen molar-refractivity contribution in [2.75, 3.05) is 14.1 Å². The van der Waals surface area contributed by atoms with E-state index < -0.39 is 0 Å². The van der Waals surface area contributed by atoms with E-state index in [4.69, 9.17) is 0 Å². The largest absolute Gasteiger partial charge is 0.320 e. The lowest BCUT2D eigenvalue weighted by Crippen LogP contribution is -2.68. The minimum Gasteiger partial charge on any atom is -0.320 e. The van der Waals surface area contributed by atoms with Crippen LogP contribution in [-0.4, -0.2) is 29.7 Å². The highest BCUT2D eigenvalue weighted by Crippen LogP contribution is 2.43. The molecule has 0 aromatic rings. The summed E-state index contributed by atoms with van der Waals surface area (Å²) in [6.07, 6.45) is 2.47. The van der Waals surface area contributed by atoms with Gasteiger partial charge in [0.2, 0.25) is 0 Å². The summed E-state index contributed by atoms with van der Waals surface area (Å²) in [4.78, 5) is 0. The van der Waals surface area contributed by atoms with E-state index >= 15 is 0 Å². The highest BCUT2D eigenvalue weighted by molar-refractivity contribution is 4.85. The van der Waals surface area contributed by atoms with Crippen molar-refractivity contribution < 1.29 is 4.48 Å². The standard InChI is InChI=1S/C18H40N/c1-15(2,3)13-17(7,8)19(11,12)18(9,10)14-16(4,5)6/h13-14H2,1-12H3/q+1. The summed E-state index contributed by atoms with van der Waals surface area (Å²) in [5.74, 6) is 0. The summed E-state index contributed by atoms with van der Waals surface area (Å²) in [6.45, 7) is 23.8. The Kier molecular flexibility index (Phi) is 5.05. The second-order valence-corrected chi connectivity index (χ2v) is 10.6. The molecule has 0 rings (SSSR count). The van der Waals surface area contributed by atoms with E-state index in [-0.39, 0.29) is 11.1 Å². The fourth-order valence-electron chi connectivity index (χ4n) is 3.81. The molecule has 0 amide bonds. The van der Waals surface area contributed by atoms with E-state index in [0.717, 1.165) is 4.48 Å². The number of hydrogen-bond acceptors (Lipinski definition) is 0. The third-order valence-electron chi connectivity index (χ3n) is 4.95. The van der Waals surface area contributed by atoms with Crippen molar-refractivity contribution in [2.45, 2.75) is 93.2 Å². The minimum absolute atomic E-state index is 0.271. The fourth-order valence-corrected chi connectivity index (χ4v) is 3.81. The van der Waals surface area contributed by atoms with Crippen LogP contribution in [0.4, 0.5) is 0 Å². The Hall–Kier alpha value is -0.0400. The van der Waals surface area contributed by atoms with Gasteiger partial charge in [0.1, 0.15) is 0 Å². The Balaban J connectivity index is 5.34. The molecule has 0 heterocycles. The van der Waals surface area contributed by atoms with Crippen molar-refractivity contribution in [2.24, 2.45) is 10.8 Å². The third kappa shape index (κ3) is 5.10. The van der Waals surface area contributed by atoms with Crippen LogP contribution in [0.3, 0.4) is 0 Å². The molecule has 0 unspecified atom stereocenters. The van der Waals surface area contributed by atoms with Crippen LogP contribution in [0.25, 0.3) is 0 Å². The van der Waals surface area contributed by atoms with E-state index in [1.807, 2.05) is 0 Å². The van der Waals surface area contributed by atoms with Crippen LogP contribution < -0.4 is 0 Å². The molecule has 0 saturated carbocycles. The number of quaternary nitrogens is 1. The van der Waals surface area contributed by atoms with Gasteiger partial charge < -0.3 is 4.48 Å². The average Bonchev–Trinajstić information content (AvgIpc) is 1.92. The predicted molar refractivity (Wildman–Crippen MR) is 88.4 cm³/mol. The van der Waals surface area contributed by atoms with Gasteiger partial charge in [-0.05, 0) is 38.5 Å². The predicted octanol–water partition coefficient (Wildman–Crippen LogP) is 5.49. The molecule has 0 bridgehead atoms. The van der Waals surface area contributed by atoms with Crippen molar-refractivity contribution >= 4 is 0 Å². The van der Waals surface area contributed by atoms with Crippen LogP contribution >= 0.6 is 0 Å². The Morgan fingerprint density at radius 2 is 0.737 bits per heavy atom. The summed E-state index contributed by atoms with van der Waals surface area (Å²) >= 11 is 0. The molecule has 0 aliphatic heterocycles. The molecular formula is C18H40N+. The summed E-state index contributed by atoms with van der Waals surface area (Å²) < 4.78 is 1.06. The van der Waals surface area contributed by atoms with Gasteiger partial charge in [0.25, 0.3) is 0 Å². The van der Waals surface area contributed by atoms with E-state index in [1.165, 1.54) is 12.8 Å². The first-order valence-electron chi connectivity index (χ1n) is 7.76. The maximum atomic E-state index is 2.43. The second-order valence-electron chi connectivity index (χ2n) is 10.6. The highest BCUT2D eigenvalue weighted by Gasteiger charge is 2.50. The maximum Gasteiger partial charge on any atom is 0.0940 e. The molecule has 0 saturated heterocycles. The second kappa shape index (κ2) is 5.06. The molecule has 0 aromatic carbocycles. The van der Waals surface area contributed by atoms with E-state index in [1.54, 1.807) is 0 Å². The first-order chi connectivity index (χ1) is 7.91. The van der Waals surface area contributed by atoms with Gasteiger partial charge in [-0.1, -0.05) is 41.5 Å². The molecule has 116 valence electrons. The van der Waals surface area contributed by atoms with E-state index in [2.05, 4.69) is 83.3 Å². The molecule has 0 fully saturated rings. The van der Waals surface area contributed by atoms with Gasteiger partial charge in [0.15, 0.2) is 0 Å². The first kappa shape index (κ1) is 19.0. The number of rotatable bonds is 4. The smallest absolute Gasteiger partial charge is 0.0940 e. The summed E-state index contributed by atoms with van der Waals surface area (Å²) in [5.41, 5.74) is 1.29. The van der Waals surface area contributed by atoms with Crippen LogP contribution in [0.5, 0.6) is 0 Å². The molecule has 0 N–H and O–H groups in total. The molecule has 0 spiro atoms. The third-order valence-corrected chi connectivity index (χ3v) is 4.95. The quantitative estimate of drug-likeness (QED) is 0.592. The normalized spacial score (nSPS) is 15.8. The molecule has 0 atom stereocenters. The Labute approximate surface area is 123 Å². The molecule has 1 heteroatoms. The molecular weight excluding hydrogens is 230 g/mol. The fraction of sp³-hybridized carbons (Fsp3) is 1.00. The van der Waals surface area contributed by atoms with Gasteiger partial charge in [-0.3, -0.25) is 0 Å². The van der Waals surface area contributed by atoms with Gasteiger partial charge in [0, 0.05) is 12.8 Å². The van der Waals surface area contributed by atoms with Crippen LogP contribution in [0, 0.1) is 10.8 Å². The van der Waals surface area contributed by atoms with Gasteiger partial charge in [-0.15, -0.1) is 0 Å². The topological polar surface area (TPSA) is 0 Å². The Morgan fingerprint density at radius 1 is 0.526 bits per heavy atom. The number of hydrogen-bond donors (Lipinski definition) is 0. The maximum absolute atomic E-state index is 2.43. The molecule has 0 aromatic heterocycles. The lowest BCUT2D eigenvalue weighted by Gasteiger charge is -2.57. The molecule has 0 aliphatic rings. The van der Waals surface area contributed by atoms with Gasteiger partial charge in [-0.2, -0.15) is 0 Å². The SMILES string of the molecule is CC(C)(C)CC(C)(C)[N+](C)(C)C(C)(C)CC(C)(C)C. The molecule has 0 aliphatic carbocycles. The summed E-state index contributed by atoms with van der Waals surface area (Å²) in [5, 5.41) is 0. The van der Waals surface area contributed by atoms with Crippen LogP contribution in [-0.2, 0) is 0 Å². The lowest BCUT2D eigenvalue weighted by atomic mass is 9.74. The zero-order valence-corrected chi connectivity index (χ0v) is 15.9. The van der Waals surface area contributed by atoms with Gasteiger partial charge in [-0.25, -0.2) is 0 Å². The van der Waals surface area contributed by atoms with E-state index in [9.17, 15) is 0 Å². The molecule has 19 heavy (non-hydrogen) atoms. The van der Waals surface area contributed by atoms with Crippen LogP contribution in [0.1, 0.15) is 82.1 Å². The van der Waals surface area contributed by atoms with Crippen LogP contribution in [0.15, 0.2) is 0 Å². The average molecular weight is 271 g/mol. The minimum atomic E-state index is 0.271. The molecule has 0 radical (unpaired) electrons. The lowest BCUT2D eigenvalue weighted by molar-refractivity contribution is -0.983. The molecule has 1 nitrogen and oxygen atoms in total. The monoisotopic (exact) mass is 270 g/mol. The summed E-state index contributed by atoms with van der Waals surface area (Å²) in [6, 6.07) is 0. The Morgan fingerprint density at radius 3 is 0.895 bits per heavy atom. The number of nitrogens with zero attached hydrogens (tertiary/aromatic N) is 1. The van der Waals surface area contributed by atoms with Crippen LogP contribution in [0.2, 0.25) is 0 Å². The highest BCUT2D eigenvalue weighted by atomic mass is 15.4. The zero-order valence-electron chi connectivity index (χ0n) is 15.9.